The molecule has 0 fully saturated rings. The minimum Gasteiger partial charge on any atom is -0.486 e. The Labute approximate surface area is 125 Å². The van der Waals surface area contributed by atoms with Gasteiger partial charge in [0.1, 0.15) is 18.9 Å². The lowest BCUT2D eigenvalue weighted by molar-refractivity contribution is 0.0652. The number of halogens is 1. The number of fused-ring (bicyclic) bond motifs is 1. The average molecular weight is 310 g/mol. The summed E-state index contributed by atoms with van der Waals surface area (Å²) in [7, 11) is 0. The number of rotatable bonds is 3. The summed E-state index contributed by atoms with van der Waals surface area (Å²) in [5.74, 6) is -0.350. The number of ether oxygens (including phenoxy) is 2. The first-order valence-corrected chi connectivity index (χ1v) is 6.81. The van der Waals surface area contributed by atoms with E-state index in [1.54, 1.807) is 6.07 Å². The minimum absolute atomic E-state index is 0.224. The molecule has 0 amide bonds. The topological polar surface area (TPSA) is 81.8 Å². The monoisotopic (exact) mass is 309 g/mol. The van der Waals surface area contributed by atoms with Crippen LogP contribution in [0.2, 0.25) is 5.02 Å². The fraction of sp³-hybridized carbons (Fsp3) is 0.286. The molecule has 0 radical (unpaired) electrons. The van der Waals surface area contributed by atoms with Crippen molar-refractivity contribution in [2.24, 2.45) is 0 Å². The second-order valence-electron chi connectivity index (χ2n) is 4.48. The van der Waals surface area contributed by atoms with E-state index in [0.717, 1.165) is 5.56 Å². The molecule has 0 unspecified atom stereocenters. The summed E-state index contributed by atoms with van der Waals surface area (Å²) in [4.78, 5) is 10.9. The number of aromatic nitrogens is 1. The Kier molecular flexibility index (Phi) is 3.47. The second kappa shape index (κ2) is 5.29. The Morgan fingerprint density at radius 1 is 1.38 bits per heavy atom. The zero-order valence-corrected chi connectivity index (χ0v) is 11.9. The van der Waals surface area contributed by atoms with Crippen LogP contribution in [0.25, 0.3) is 11.3 Å². The van der Waals surface area contributed by atoms with Crippen LogP contribution in [0.4, 0.5) is 0 Å². The van der Waals surface area contributed by atoms with Gasteiger partial charge in [0, 0.05) is 11.6 Å². The van der Waals surface area contributed by atoms with Crippen molar-refractivity contribution in [1.29, 1.82) is 0 Å². The van der Waals surface area contributed by atoms with Gasteiger partial charge in [-0.05, 0) is 18.1 Å². The number of nitrogens with zero attached hydrogens (tertiary/aromatic N) is 1. The highest BCUT2D eigenvalue weighted by atomic mass is 35.5. The van der Waals surface area contributed by atoms with Crippen LogP contribution in [0.3, 0.4) is 0 Å². The molecule has 0 bridgehead atoms. The molecular weight excluding hydrogens is 298 g/mol. The van der Waals surface area contributed by atoms with Crippen molar-refractivity contribution >= 4 is 17.6 Å². The van der Waals surface area contributed by atoms with Crippen LogP contribution in [0.1, 0.15) is 23.0 Å². The smallest absolute Gasteiger partial charge is 0.374 e. The molecule has 1 aromatic carbocycles. The van der Waals surface area contributed by atoms with Gasteiger partial charge >= 0.3 is 5.97 Å². The maximum absolute atomic E-state index is 10.9. The van der Waals surface area contributed by atoms with Gasteiger partial charge in [-0.3, -0.25) is 0 Å². The summed E-state index contributed by atoms with van der Waals surface area (Å²) in [6.45, 7) is 2.83. The largest absolute Gasteiger partial charge is 0.486 e. The third-order valence-electron chi connectivity index (χ3n) is 3.23. The van der Waals surface area contributed by atoms with E-state index in [9.17, 15) is 4.79 Å². The summed E-state index contributed by atoms with van der Waals surface area (Å²) in [6, 6.07) is 3.12. The van der Waals surface area contributed by atoms with Crippen LogP contribution in [0.5, 0.6) is 11.5 Å². The predicted octanol–water partition coefficient (Wildman–Crippen LogP) is 3.03. The molecule has 1 aromatic heterocycles. The minimum atomic E-state index is -1.17. The summed E-state index contributed by atoms with van der Waals surface area (Å²) in [5.41, 5.74) is 1.90. The van der Waals surface area contributed by atoms with Gasteiger partial charge in [-0.25, -0.2) is 4.79 Å². The van der Waals surface area contributed by atoms with Gasteiger partial charge in [-0.15, -0.1) is 0 Å². The van der Waals surface area contributed by atoms with Crippen molar-refractivity contribution < 1.29 is 23.9 Å². The van der Waals surface area contributed by atoms with Gasteiger partial charge in [-0.2, -0.15) is 0 Å². The van der Waals surface area contributed by atoms with E-state index in [-0.39, 0.29) is 5.76 Å². The van der Waals surface area contributed by atoms with E-state index in [4.69, 9.17) is 30.7 Å². The summed E-state index contributed by atoms with van der Waals surface area (Å²) < 4.78 is 15.9. The SMILES string of the molecule is CCc1c(-c2cc(C(=O)O)on2)cc2c(c1Cl)OCCO2. The molecule has 0 saturated carbocycles. The Morgan fingerprint density at radius 2 is 2.14 bits per heavy atom. The number of carboxylic acid groups (broad SMARTS) is 1. The molecule has 110 valence electrons. The van der Waals surface area contributed by atoms with Crippen LogP contribution in [0, 0.1) is 0 Å². The van der Waals surface area contributed by atoms with Gasteiger partial charge in [-0.1, -0.05) is 23.7 Å². The Morgan fingerprint density at radius 3 is 2.81 bits per heavy atom. The van der Waals surface area contributed by atoms with E-state index in [0.29, 0.717) is 47.4 Å². The van der Waals surface area contributed by atoms with Crippen molar-refractivity contribution in [3.8, 4) is 22.8 Å². The molecular formula is C14H12ClNO5. The molecule has 6 nitrogen and oxygen atoms in total. The van der Waals surface area contributed by atoms with Crippen molar-refractivity contribution in [3.63, 3.8) is 0 Å². The highest BCUT2D eigenvalue weighted by Gasteiger charge is 2.24. The third-order valence-corrected chi connectivity index (χ3v) is 3.63. The van der Waals surface area contributed by atoms with Crippen molar-refractivity contribution in [1.82, 2.24) is 5.16 Å². The standard InChI is InChI=1S/C14H12ClNO5/c1-2-7-8(9-6-11(14(17)18)21-16-9)5-10-13(12(7)15)20-4-3-19-10/h5-6H,2-4H2,1H3,(H,17,18). The van der Waals surface area contributed by atoms with E-state index >= 15 is 0 Å². The number of benzene rings is 1. The molecule has 0 saturated heterocycles. The first-order chi connectivity index (χ1) is 10.1. The molecule has 3 rings (SSSR count). The van der Waals surface area contributed by atoms with E-state index in [2.05, 4.69) is 5.16 Å². The average Bonchev–Trinajstić information content (AvgIpc) is 2.97. The number of hydrogen-bond donors (Lipinski definition) is 1. The first-order valence-electron chi connectivity index (χ1n) is 6.43. The fourth-order valence-electron chi connectivity index (χ4n) is 2.26. The normalized spacial score (nSPS) is 13.2. The van der Waals surface area contributed by atoms with E-state index in [1.807, 2.05) is 6.92 Å². The lowest BCUT2D eigenvalue weighted by Gasteiger charge is -2.22. The molecule has 0 atom stereocenters. The van der Waals surface area contributed by atoms with Crippen molar-refractivity contribution in [3.05, 3.63) is 28.5 Å². The Hall–Kier alpha value is -2.21. The van der Waals surface area contributed by atoms with Crippen molar-refractivity contribution in [2.45, 2.75) is 13.3 Å². The quantitative estimate of drug-likeness (QED) is 0.938. The third kappa shape index (κ3) is 2.31. The van der Waals surface area contributed by atoms with Crippen LogP contribution in [0.15, 0.2) is 16.7 Å². The fourth-order valence-corrected chi connectivity index (χ4v) is 2.64. The van der Waals surface area contributed by atoms with E-state index < -0.39 is 5.97 Å². The van der Waals surface area contributed by atoms with Gasteiger partial charge in [0.05, 0.1) is 5.02 Å². The van der Waals surface area contributed by atoms with Gasteiger partial charge in [0.2, 0.25) is 5.76 Å². The maximum Gasteiger partial charge on any atom is 0.374 e. The van der Waals surface area contributed by atoms with Gasteiger partial charge < -0.3 is 19.1 Å². The lowest BCUT2D eigenvalue weighted by Crippen LogP contribution is -2.16. The molecule has 7 heteroatoms. The molecule has 21 heavy (non-hydrogen) atoms. The van der Waals surface area contributed by atoms with Crippen LogP contribution >= 0.6 is 11.6 Å². The lowest BCUT2D eigenvalue weighted by atomic mass is 10.0. The Balaban J connectivity index is 2.16. The van der Waals surface area contributed by atoms with Crippen LogP contribution in [-0.2, 0) is 6.42 Å². The summed E-state index contributed by atoms with van der Waals surface area (Å²) in [6.07, 6.45) is 0.639. The first kappa shape index (κ1) is 13.8. The second-order valence-corrected chi connectivity index (χ2v) is 4.85. The molecule has 1 aliphatic rings. The molecule has 0 spiro atoms. The van der Waals surface area contributed by atoms with Crippen LogP contribution in [-0.4, -0.2) is 29.4 Å². The van der Waals surface area contributed by atoms with Crippen LogP contribution < -0.4 is 9.47 Å². The zero-order chi connectivity index (χ0) is 15.0. The zero-order valence-electron chi connectivity index (χ0n) is 11.2. The highest BCUT2D eigenvalue weighted by Crippen LogP contribution is 2.44. The number of carbonyl (C=O) groups is 1. The molecule has 1 aliphatic heterocycles. The molecule has 1 N–H and O–H groups in total. The Bertz CT molecular complexity index is 710. The molecule has 2 aromatic rings. The molecule has 0 aliphatic carbocycles. The highest BCUT2D eigenvalue weighted by molar-refractivity contribution is 6.33. The summed E-state index contributed by atoms with van der Waals surface area (Å²) in [5, 5.41) is 13.2. The maximum atomic E-state index is 10.9. The summed E-state index contributed by atoms with van der Waals surface area (Å²) >= 11 is 6.37. The number of hydrogen-bond acceptors (Lipinski definition) is 5. The van der Waals surface area contributed by atoms with E-state index in [1.165, 1.54) is 6.07 Å². The van der Waals surface area contributed by atoms with Crippen molar-refractivity contribution in [2.75, 3.05) is 13.2 Å². The van der Waals surface area contributed by atoms with Gasteiger partial charge in [0.15, 0.2) is 11.5 Å². The molecule has 2 heterocycles. The number of carboxylic acids is 1. The predicted molar refractivity (Wildman–Crippen MR) is 74.3 cm³/mol. The van der Waals surface area contributed by atoms with Gasteiger partial charge in [0.25, 0.3) is 0 Å². The number of aromatic carboxylic acids is 1.